The number of aromatic hydroxyl groups is 1. The molecule has 0 aromatic heterocycles. The second-order valence-corrected chi connectivity index (χ2v) is 7.83. The van der Waals surface area contributed by atoms with Crippen molar-refractivity contribution < 1.29 is 14.7 Å². The molecule has 6 nitrogen and oxygen atoms in total. The lowest BCUT2D eigenvalue weighted by atomic mass is 9.96. The molecule has 0 aliphatic carbocycles. The highest BCUT2D eigenvalue weighted by molar-refractivity contribution is 5.96. The van der Waals surface area contributed by atoms with Gasteiger partial charge in [-0.15, -0.1) is 0 Å². The fourth-order valence-electron chi connectivity index (χ4n) is 3.27. The number of rotatable bonds is 7. The van der Waals surface area contributed by atoms with Gasteiger partial charge in [-0.05, 0) is 51.8 Å². The van der Waals surface area contributed by atoms with Gasteiger partial charge in [0.05, 0.1) is 6.42 Å². The summed E-state index contributed by atoms with van der Waals surface area (Å²) in [4.78, 5) is 24.3. The van der Waals surface area contributed by atoms with Gasteiger partial charge in [0.1, 0.15) is 5.75 Å². The SMILES string of the molecule is CC1(C)C=C(C(=O)NCCCNC(=O)Cc2ccc(O)cc2)C(C)(C)N1. The van der Waals surface area contributed by atoms with Crippen LogP contribution in [0.5, 0.6) is 5.75 Å². The zero-order chi connectivity index (χ0) is 19.4. The van der Waals surface area contributed by atoms with E-state index in [0.717, 1.165) is 11.1 Å². The Bertz CT molecular complexity index is 691. The Kier molecular flexibility index (Phi) is 6.08. The Morgan fingerprint density at radius 3 is 2.23 bits per heavy atom. The first-order chi connectivity index (χ1) is 12.1. The lowest BCUT2D eigenvalue weighted by Gasteiger charge is -2.27. The molecule has 0 spiro atoms. The minimum absolute atomic E-state index is 0.0662. The number of nitrogens with one attached hydrogen (secondary N) is 3. The Morgan fingerprint density at radius 1 is 1.04 bits per heavy atom. The minimum atomic E-state index is -0.355. The maximum atomic E-state index is 12.4. The number of hydrogen-bond acceptors (Lipinski definition) is 4. The van der Waals surface area contributed by atoms with Crippen LogP contribution < -0.4 is 16.0 Å². The highest BCUT2D eigenvalue weighted by atomic mass is 16.3. The van der Waals surface area contributed by atoms with Crippen molar-refractivity contribution in [1.82, 2.24) is 16.0 Å². The molecule has 0 atom stereocenters. The number of carbonyl (C=O) groups is 2. The molecule has 1 aromatic carbocycles. The predicted octanol–water partition coefficient (Wildman–Crippen LogP) is 1.64. The second kappa shape index (κ2) is 7.91. The third kappa shape index (κ3) is 5.59. The molecule has 0 unspecified atom stereocenters. The maximum Gasteiger partial charge on any atom is 0.248 e. The minimum Gasteiger partial charge on any atom is -0.508 e. The van der Waals surface area contributed by atoms with Crippen LogP contribution in [0, 0.1) is 0 Å². The van der Waals surface area contributed by atoms with E-state index in [2.05, 4.69) is 16.0 Å². The van der Waals surface area contributed by atoms with E-state index in [1.165, 1.54) is 0 Å². The summed E-state index contributed by atoms with van der Waals surface area (Å²) in [5.74, 6) is 0.0418. The number of amides is 2. The summed E-state index contributed by atoms with van der Waals surface area (Å²) in [6.45, 7) is 9.08. The lowest BCUT2D eigenvalue weighted by Crippen LogP contribution is -2.47. The highest BCUT2D eigenvalue weighted by Crippen LogP contribution is 2.29. The molecule has 0 saturated carbocycles. The summed E-state index contributed by atoms with van der Waals surface area (Å²) < 4.78 is 0. The Hall–Kier alpha value is -2.34. The van der Waals surface area contributed by atoms with Crippen molar-refractivity contribution >= 4 is 11.8 Å². The van der Waals surface area contributed by atoms with E-state index in [4.69, 9.17) is 0 Å². The summed E-state index contributed by atoms with van der Waals surface area (Å²) >= 11 is 0. The largest absolute Gasteiger partial charge is 0.508 e. The van der Waals surface area contributed by atoms with E-state index in [1.807, 2.05) is 33.8 Å². The molecule has 4 N–H and O–H groups in total. The van der Waals surface area contributed by atoms with Gasteiger partial charge in [-0.2, -0.15) is 0 Å². The lowest BCUT2D eigenvalue weighted by molar-refractivity contribution is -0.120. The van der Waals surface area contributed by atoms with Crippen molar-refractivity contribution in [3.05, 3.63) is 41.5 Å². The van der Waals surface area contributed by atoms with Gasteiger partial charge >= 0.3 is 0 Å². The van der Waals surface area contributed by atoms with E-state index >= 15 is 0 Å². The van der Waals surface area contributed by atoms with Gasteiger partial charge in [-0.1, -0.05) is 18.2 Å². The van der Waals surface area contributed by atoms with Gasteiger partial charge in [0, 0.05) is 29.7 Å². The highest BCUT2D eigenvalue weighted by Gasteiger charge is 2.39. The second-order valence-electron chi connectivity index (χ2n) is 7.83. The summed E-state index contributed by atoms with van der Waals surface area (Å²) in [5.41, 5.74) is 1.04. The van der Waals surface area contributed by atoms with Gasteiger partial charge < -0.3 is 15.7 Å². The van der Waals surface area contributed by atoms with Crippen molar-refractivity contribution in [2.45, 2.75) is 51.6 Å². The van der Waals surface area contributed by atoms with E-state index < -0.39 is 0 Å². The molecule has 1 aromatic rings. The molecule has 0 fully saturated rings. The summed E-state index contributed by atoms with van der Waals surface area (Å²) in [5, 5.41) is 18.4. The fourth-order valence-corrected chi connectivity index (χ4v) is 3.27. The zero-order valence-electron chi connectivity index (χ0n) is 16.0. The van der Waals surface area contributed by atoms with Crippen LogP contribution >= 0.6 is 0 Å². The van der Waals surface area contributed by atoms with Crippen molar-refractivity contribution in [2.24, 2.45) is 0 Å². The van der Waals surface area contributed by atoms with Gasteiger partial charge in [0.15, 0.2) is 0 Å². The molecular weight excluding hydrogens is 330 g/mol. The summed E-state index contributed by atoms with van der Waals surface area (Å²) in [6, 6.07) is 6.57. The normalized spacial score (nSPS) is 17.5. The van der Waals surface area contributed by atoms with Crippen LogP contribution in [0.4, 0.5) is 0 Å². The first kappa shape index (κ1) is 20.0. The maximum absolute atomic E-state index is 12.4. The van der Waals surface area contributed by atoms with Crippen LogP contribution in [0.2, 0.25) is 0 Å². The third-order valence-electron chi connectivity index (χ3n) is 4.32. The molecule has 0 bridgehead atoms. The number of hydrogen-bond donors (Lipinski definition) is 4. The van der Waals surface area contributed by atoms with Crippen molar-refractivity contribution in [2.75, 3.05) is 13.1 Å². The zero-order valence-corrected chi connectivity index (χ0v) is 16.0. The topological polar surface area (TPSA) is 90.5 Å². The van der Waals surface area contributed by atoms with Crippen LogP contribution in [0.3, 0.4) is 0 Å². The number of phenolic OH excluding ortho intramolecular Hbond substituents is 1. The molecule has 26 heavy (non-hydrogen) atoms. The molecule has 0 saturated heterocycles. The predicted molar refractivity (Wildman–Crippen MR) is 102 cm³/mol. The molecule has 1 aliphatic heterocycles. The molecule has 1 heterocycles. The van der Waals surface area contributed by atoms with Crippen LogP contribution in [-0.4, -0.2) is 41.1 Å². The molecule has 2 rings (SSSR count). The van der Waals surface area contributed by atoms with Crippen molar-refractivity contribution in [3.63, 3.8) is 0 Å². The van der Waals surface area contributed by atoms with Gasteiger partial charge in [-0.25, -0.2) is 0 Å². The molecule has 0 radical (unpaired) electrons. The quantitative estimate of drug-likeness (QED) is 0.557. The molecular formula is C20H29N3O3. The van der Waals surface area contributed by atoms with Crippen LogP contribution in [0.1, 0.15) is 39.7 Å². The molecule has 2 amide bonds. The first-order valence-electron chi connectivity index (χ1n) is 8.94. The monoisotopic (exact) mass is 359 g/mol. The summed E-state index contributed by atoms with van der Waals surface area (Å²) in [6.07, 6.45) is 2.91. The first-order valence-corrected chi connectivity index (χ1v) is 8.94. The van der Waals surface area contributed by atoms with E-state index in [1.54, 1.807) is 24.3 Å². The number of carbonyl (C=O) groups excluding carboxylic acids is 2. The van der Waals surface area contributed by atoms with Gasteiger partial charge in [-0.3, -0.25) is 14.9 Å². The van der Waals surface area contributed by atoms with Crippen LogP contribution in [0.25, 0.3) is 0 Å². The van der Waals surface area contributed by atoms with E-state index in [9.17, 15) is 14.7 Å². The fraction of sp³-hybridized carbons (Fsp3) is 0.500. The number of phenols is 1. The van der Waals surface area contributed by atoms with E-state index in [-0.39, 0.29) is 35.1 Å². The molecule has 1 aliphatic rings. The summed E-state index contributed by atoms with van der Waals surface area (Å²) in [7, 11) is 0. The van der Waals surface area contributed by atoms with Crippen molar-refractivity contribution in [1.29, 1.82) is 0 Å². The van der Waals surface area contributed by atoms with E-state index in [0.29, 0.717) is 19.5 Å². The molecule has 142 valence electrons. The van der Waals surface area contributed by atoms with Crippen LogP contribution in [-0.2, 0) is 16.0 Å². The average Bonchev–Trinajstić information content (AvgIpc) is 2.76. The van der Waals surface area contributed by atoms with Gasteiger partial charge in [0.25, 0.3) is 0 Å². The third-order valence-corrected chi connectivity index (χ3v) is 4.32. The van der Waals surface area contributed by atoms with Crippen molar-refractivity contribution in [3.8, 4) is 5.75 Å². The van der Waals surface area contributed by atoms with Crippen LogP contribution in [0.15, 0.2) is 35.9 Å². The Morgan fingerprint density at radius 2 is 1.65 bits per heavy atom. The average molecular weight is 359 g/mol. The standard InChI is InChI=1S/C20H29N3O3/c1-19(2)13-16(20(3,4)23-19)18(26)22-11-5-10-21-17(25)12-14-6-8-15(24)9-7-14/h6-9,13,23-24H,5,10-12H2,1-4H3,(H,21,25)(H,22,26). The Labute approximate surface area is 155 Å². The number of benzene rings is 1. The molecule has 6 heteroatoms. The van der Waals surface area contributed by atoms with Gasteiger partial charge in [0.2, 0.25) is 11.8 Å². The smallest absolute Gasteiger partial charge is 0.248 e. The Balaban J connectivity index is 1.68.